The third-order valence-electron chi connectivity index (χ3n) is 2.74. The van der Waals surface area contributed by atoms with Crippen molar-refractivity contribution in [2.45, 2.75) is 18.9 Å². The molecule has 1 N–H and O–H groups in total. The maximum Gasteiger partial charge on any atom is 0.140 e. The van der Waals surface area contributed by atoms with Gasteiger partial charge in [0.15, 0.2) is 0 Å². The standard InChI is InChI=1S/C17H16O/c18-17(16-12-5-2-6-13-16)14-8-7-11-15-9-3-1-4-10-15/h1-6,9-10,12-13,17-18H,7,11H2. The van der Waals surface area contributed by atoms with E-state index in [1.54, 1.807) is 0 Å². The van der Waals surface area contributed by atoms with Gasteiger partial charge in [-0.25, -0.2) is 0 Å². The lowest BCUT2D eigenvalue weighted by molar-refractivity contribution is 0.238. The van der Waals surface area contributed by atoms with Crippen molar-refractivity contribution in [1.29, 1.82) is 0 Å². The summed E-state index contributed by atoms with van der Waals surface area (Å²) in [5, 5.41) is 9.84. The second-order valence-electron chi connectivity index (χ2n) is 4.12. The van der Waals surface area contributed by atoms with Crippen molar-refractivity contribution >= 4 is 0 Å². The van der Waals surface area contributed by atoms with Gasteiger partial charge in [0.2, 0.25) is 0 Å². The predicted octanol–water partition coefficient (Wildman–Crippen LogP) is 3.36. The molecule has 2 aromatic carbocycles. The minimum absolute atomic E-state index is 0.679. The molecule has 2 rings (SSSR count). The number of rotatable bonds is 3. The third-order valence-corrected chi connectivity index (χ3v) is 2.74. The summed E-state index contributed by atoms with van der Waals surface area (Å²) < 4.78 is 0. The largest absolute Gasteiger partial charge is 0.376 e. The van der Waals surface area contributed by atoms with Crippen molar-refractivity contribution < 1.29 is 5.11 Å². The zero-order valence-corrected chi connectivity index (χ0v) is 10.2. The van der Waals surface area contributed by atoms with Crippen LogP contribution in [-0.4, -0.2) is 5.11 Å². The van der Waals surface area contributed by atoms with Crippen molar-refractivity contribution in [3.05, 3.63) is 71.8 Å². The fourth-order valence-electron chi connectivity index (χ4n) is 1.74. The van der Waals surface area contributed by atoms with Crippen LogP contribution in [0.25, 0.3) is 0 Å². The van der Waals surface area contributed by atoms with Crippen LogP contribution < -0.4 is 0 Å². The Kier molecular flexibility index (Phi) is 4.58. The molecule has 0 aliphatic carbocycles. The van der Waals surface area contributed by atoms with Crippen molar-refractivity contribution in [3.63, 3.8) is 0 Å². The highest BCUT2D eigenvalue weighted by molar-refractivity contribution is 5.25. The minimum Gasteiger partial charge on any atom is -0.376 e. The third kappa shape index (κ3) is 3.76. The van der Waals surface area contributed by atoms with E-state index in [0.29, 0.717) is 0 Å². The number of aliphatic hydroxyl groups is 1. The predicted molar refractivity (Wildman–Crippen MR) is 73.9 cm³/mol. The summed E-state index contributed by atoms with van der Waals surface area (Å²) in [6.45, 7) is 0. The van der Waals surface area contributed by atoms with Gasteiger partial charge in [0, 0.05) is 6.42 Å². The van der Waals surface area contributed by atoms with E-state index in [1.807, 2.05) is 48.5 Å². The molecule has 0 saturated carbocycles. The van der Waals surface area contributed by atoms with Gasteiger partial charge in [-0.1, -0.05) is 72.5 Å². The zero-order valence-electron chi connectivity index (χ0n) is 10.2. The molecule has 0 aromatic heterocycles. The van der Waals surface area contributed by atoms with Gasteiger partial charge in [0.1, 0.15) is 6.10 Å². The molecule has 0 bridgehead atoms. The lowest BCUT2D eigenvalue weighted by atomic mass is 10.1. The molecule has 2 aromatic rings. The Morgan fingerprint density at radius 2 is 1.50 bits per heavy atom. The van der Waals surface area contributed by atoms with E-state index >= 15 is 0 Å². The van der Waals surface area contributed by atoms with Gasteiger partial charge < -0.3 is 5.11 Å². The van der Waals surface area contributed by atoms with Gasteiger partial charge in [-0.05, 0) is 17.5 Å². The van der Waals surface area contributed by atoms with Crippen LogP contribution >= 0.6 is 0 Å². The fraction of sp³-hybridized carbons (Fsp3) is 0.176. The van der Waals surface area contributed by atoms with Crippen LogP contribution in [0, 0.1) is 11.8 Å². The molecular weight excluding hydrogens is 220 g/mol. The summed E-state index contributed by atoms with van der Waals surface area (Å²) in [5.41, 5.74) is 2.13. The first kappa shape index (κ1) is 12.4. The van der Waals surface area contributed by atoms with Gasteiger partial charge in [-0.3, -0.25) is 0 Å². The zero-order chi connectivity index (χ0) is 12.6. The number of benzene rings is 2. The Morgan fingerprint density at radius 1 is 0.889 bits per heavy atom. The summed E-state index contributed by atoms with van der Waals surface area (Å²) in [6.07, 6.45) is 1.02. The first-order valence-electron chi connectivity index (χ1n) is 6.11. The molecule has 0 spiro atoms. The molecule has 0 fully saturated rings. The maximum atomic E-state index is 9.84. The van der Waals surface area contributed by atoms with E-state index in [9.17, 15) is 5.11 Å². The van der Waals surface area contributed by atoms with E-state index in [1.165, 1.54) is 5.56 Å². The molecule has 1 unspecified atom stereocenters. The molecule has 18 heavy (non-hydrogen) atoms. The lowest BCUT2D eigenvalue weighted by Gasteiger charge is -2.02. The Balaban J connectivity index is 1.86. The molecule has 0 saturated heterocycles. The van der Waals surface area contributed by atoms with Crippen molar-refractivity contribution in [2.75, 3.05) is 0 Å². The Labute approximate surface area is 108 Å². The van der Waals surface area contributed by atoms with Crippen LogP contribution in [-0.2, 0) is 6.42 Å². The van der Waals surface area contributed by atoms with Crippen LogP contribution in [0.2, 0.25) is 0 Å². The van der Waals surface area contributed by atoms with Crippen molar-refractivity contribution in [3.8, 4) is 11.8 Å². The van der Waals surface area contributed by atoms with Crippen molar-refractivity contribution in [2.24, 2.45) is 0 Å². The summed E-state index contributed by atoms with van der Waals surface area (Å²) in [4.78, 5) is 0. The van der Waals surface area contributed by atoms with E-state index in [2.05, 4.69) is 24.0 Å². The average molecular weight is 236 g/mol. The van der Waals surface area contributed by atoms with E-state index in [4.69, 9.17) is 0 Å². The monoisotopic (exact) mass is 236 g/mol. The first-order chi connectivity index (χ1) is 8.86. The van der Waals surface area contributed by atoms with Crippen LogP contribution in [0.1, 0.15) is 23.7 Å². The molecule has 0 amide bonds. The van der Waals surface area contributed by atoms with Crippen LogP contribution in [0.15, 0.2) is 60.7 Å². The van der Waals surface area contributed by atoms with Crippen LogP contribution in [0.4, 0.5) is 0 Å². The molecule has 1 atom stereocenters. The number of aryl methyl sites for hydroxylation is 1. The summed E-state index contributed by atoms with van der Waals surface area (Å²) in [6, 6.07) is 19.8. The molecule has 1 nitrogen and oxygen atoms in total. The van der Waals surface area contributed by atoms with E-state index in [0.717, 1.165) is 18.4 Å². The second-order valence-corrected chi connectivity index (χ2v) is 4.12. The van der Waals surface area contributed by atoms with Gasteiger partial charge in [-0.2, -0.15) is 0 Å². The minimum atomic E-state index is -0.679. The number of hydrogen-bond donors (Lipinski definition) is 1. The molecule has 0 heterocycles. The molecule has 1 heteroatoms. The lowest BCUT2D eigenvalue weighted by Crippen LogP contribution is -1.92. The van der Waals surface area contributed by atoms with Gasteiger partial charge in [0.05, 0.1) is 0 Å². The van der Waals surface area contributed by atoms with Crippen LogP contribution in [0.3, 0.4) is 0 Å². The van der Waals surface area contributed by atoms with Gasteiger partial charge in [-0.15, -0.1) is 0 Å². The second kappa shape index (κ2) is 6.64. The highest BCUT2D eigenvalue weighted by atomic mass is 16.3. The van der Waals surface area contributed by atoms with Gasteiger partial charge in [0.25, 0.3) is 0 Å². The maximum absolute atomic E-state index is 9.84. The quantitative estimate of drug-likeness (QED) is 0.810. The smallest absolute Gasteiger partial charge is 0.140 e. The Bertz CT molecular complexity index is 520. The summed E-state index contributed by atoms with van der Waals surface area (Å²) in [7, 11) is 0. The van der Waals surface area contributed by atoms with Crippen molar-refractivity contribution in [1.82, 2.24) is 0 Å². The van der Waals surface area contributed by atoms with E-state index < -0.39 is 6.10 Å². The summed E-state index contributed by atoms with van der Waals surface area (Å²) >= 11 is 0. The molecule has 0 aliphatic heterocycles. The summed E-state index contributed by atoms with van der Waals surface area (Å²) in [5.74, 6) is 5.91. The topological polar surface area (TPSA) is 20.2 Å². The van der Waals surface area contributed by atoms with Crippen LogP contribution in [0.5, 0.6) is 0 Å². The fourth-order valence-corrected chi connectivity index (χ4v) is 1.74. The number of hydrogen-bond acceptors (Lipinski definition) is 1. The number of aliphatic hydroxyl groups excluding tert-OH is 1. The average Bonchev–Trinajstić information content (AvgIpc) is 2.45. The first-order valence-corrected chi connectivity index (χ1v) is 6.11. The molecule has 90 valence electrons. The van der Waals surface area contributed by atoms with E-state index in [-0.39, 0.29) is 0 Å². The molecule has 0 radical (unpaired) electrons. The Morgan fingerprint density at radius 3 is 2.17 bits per heavy atom. The molecule has 0 aliphatic rings. The SMILES string of the molecule is OC(C#CCCc1ccccc1)c1ccccc1. The Hall–Kier alpha value is -2.04. The molecular formula is C17H16O. The normalized spacial score (nSPS) is 11.4. The van der Waals surface area contributed by atoms with Gasteiger partial charge >= 0.3 is 0 Å². The highest BCUT2D eigenvalue weighted by Gasteiger charge is 2.00. The highest BCUT2D eigenvalue weighted by Crippen LogP contribution is 2.10.